The molecule has 132 valence electrons. The van der Waals surface area contributed by atoms with Crippen LogP contribution in [0.5, 0.6) is 0 Å². The highest BCUT2D eigenvalue weighted by molar-refractivity contribution is 6.30. The Morgan fingerprint density at radius 1 is 1.12 bits per heavy atom. The van der Waals surface area contributed by atoms with Crippen LogP contribution >= 0.6 is 11.6 Å². The summed E-state index contributed by atoms with van der Waals surface area (Å²) in [5.41, 5.74) is 2.27. The quantitative estimate of drug-likeness (QED) is 0.747. The molecule has 0 atom stereocenters. The molecule has 4 nitrogen and oxygen atoms in total. The van der Waals surface area contributed by atoms with E-state index in [1.165, 1.54) is 6.92 Å². The van der Waals surface area contributed by atoms with E-state index in [1.807, 2.05) is 38.1 Å². The van der Waals surface area contributed by atoms with Crippen LogP contribution in [0, 0.1) is 0 Å². The standard InChI is InChI=1S/C20H23ClN2O2/c1-14(2)23(12-16-6-4-8-18(21)10-16)13-20(25)22-19-9-5-7-17(11-19)15(3)24/h4-11,14H,12-13H2,1-3H3,(H,22,25). The largest absolute Gasteiger partial charge is 0.325 e. The predicted molar refractivity (Wildman–Crippen MR) is 102 cm³/mol. The number of Topliss-reactive ketones (excluding diaryl/α,β-unsaturated/α-hetero) is 1. The summed E-state index contributed by atoms with van der Waals surface area (Å²) in [6.45, 7) is 6.50. The van der Waals surface area contributed by atoms with Gasteiger partial charge in [-0.15, -0.1) is 0 Å². The highest BCUT2D eigenvalue weighted by Gasteiger charge is 2.15. The highest BCUT2D eigenvalue weighted by Crippen LogP contribution is 2.15. The summed E-state index contributed by atoms with van der Waals surface area (Å²) in [4.78, 5) is 25.9. The fourth-order valence-electron chi connectivity index (χ4n) is 2.49. The molecular weight excluding hydrogens is 336 g/mol. The third-order valence-corrected chi connectivity index (χ3v) is 4.14. The normalized spacial score (nSPS) is 11.0. The van der Waals surface area contributed by atoms with E-state index >= 15 is 0 Å². The predicted octanol–water partition coefficient (Wildman–Crippen LogP) is 4.39. The molecule has 25 heavy (non-hydrogen) atoms. The molecule has 0 spiro atoms. The van der Waals surface area contributed by atoms with Crippen LogP contribution in [0.15, 0.2) is 48.5 Å². The summed E-state index contributed by atoms with van der Waals surface area (Å²) in [6, 6.07) is 14.8. The van der Waals surface area contributed by atoms with Gasteiger partial charge >= 0.3 is 0 Å². The van der Waals surface area contributed by atoms with Crippen LogP contribution in [-0.4, -0.2) is 29.2 Å². The fourth-order valence-corrected chi connectivity index (χ4v) is 2.70. The second kappa shape index (κ2) is 8.79. The minimum atomic E-state index is -0.114. The smallest absolute Gasteiger partial charge is 0.238 e. The van der Waals surface area contributed by atoms with Gasteiger partial charge in [-0.2, -0.15) is 0 Å². The Labute approximate surface area is 153 Å². The van der Waals surface area contributed by atoms with E-state index in [1.54, 1.807) is 24.3 Å². The van der Waals surface area contributed by atoms with Gasteiger partial charge in [-0.05, 0) is 50.6 Å². The molecule has 2 aromatic carbocycles. The van der Waals surface area contributed by atoms with E-state index in [0.717, 1.165) is 5.56 Å². The number of rotatable bonds is 7. The summed E-state index contributed by atoms with van der Waals surface area (Å²) < 4.78 is 0. The van der Waals surface area contributed by atoms with Crippen LogP contribution in [0.1, 0.15) is 36.7 Å². The van der Waals surface area contributed by atoms with Gasteiger partial charge in [-0.1, -0.05) is 35.9 Å². The van der Waals surface area contributed by atoms with Gasteiger partial charge in [0.05, 0.1) is 6.54 Å². The van der Waals surface area contributed by atoms with Gasteiger partial charge in [-0.3, -0.25) is 14.5 Å². The molecule has 0 aromatic heterocycles. The minimum Gasteiger partial charge on any atom is -0.325 e. The van der Waals surface area contributed by atoms with Crippen LogP contribution in [0.3, 0.4) is 0 Å². The number of amides is 1. The lowest BCUT2D eigenvalue weighted by Gasteiger charge is -2.26. The molecule has 5 heteroatoms. The van der Waals surface area contributed by atoms with Crippen molar-refractivity contribution in [1.82, 2.24) is 4.90 Å². The van der Waals surface area contributed by atoms with Gasteiger partial charge in [0, 0.05) is 28.9 Å². The van der Waals surface area contributed by atoms with Crippen molar-refractivity contribution in [3.63, 3.8) is 0 Å². The summed E-state index contributed by atoms with van der Waals surface area (Å²) in [6.07, 6.45) is 0. The number of benzene rings is 2. The van der Waals surface area contributed by atoms with E-state index < -0.39 is 0 Å². The Bertz CT molecular complexity index is 759. The average Bonchev–Trinajstić information content (AvgIpc) is 2.54. The van der Waals surface area contributed by atoms with Gasteiger partial charge in [0.15, 0.2) is 5.78 Å². The number of hydrogen-bond donors (Lipinski definition) is 1. The number of halogens is 1. The van der Waals surface area contributed by atoms with Crippen molar-refractivity contribution in [2.75, 3.05) is 11.9 Å². The molecule has 0 unspecified atom stereocenters. The molecule has 0 aliphatic carbocycles. The second-order valence-corrected chi connectivity index (χ2v) is 6.75. The van der Waals surface area contributed by atoms with Gasteiger partial charge < -0.3 is 5.32 Å². The molecule has 0 bridgehead atoms. The lowest BCUT2D eigenvalue weighted by atomic mass is 10.1. The highest BCUT2D eigenvalue weighted by atomic mass is 35.5. The van der Waals surface area contributed by atoms with Crippen molar-refractivity contribution in [3.05, 3.63) is 64.7 Å². The van der Waals surface area contributed by atoms with Crippen LogP contribution in [-0.2, 0) is 11.3 Å². The molecule has 2 rings (SSSR count). The van der Waals surface area contributed by atoms with E-state index in [2.05, 4.69) is 10.2 Å². The molecule has 0 radical (unpaired) electrons. The zero-order chi connectivity index (χ0) is 18.4. The van der Waals surface area contributed by atoms with Gasteiger partial charge in [0.2, 0.25) is 5.91 Å². The van der Waals surface area contributed by atoms with Crippen molar-refractivity contribution in [2.24, 2.45) is 0 Å². The van der Waals surface area contributed by atoms with Crippen molar-refractivity contribution < 1.29 is 9.59 Å². The zero-order valence-corrected chi connectivity index (χ0v) is 15.5. The molecule has 1 amide bonds. The molecule has 0 aliphatic rings. The maximum absolute atomic E-state index is 12.4. The first kappa shape index (κ1) is 19.2. The zero-order valence-electron chi connectivity index (χ0n) is 14.8. The molecular formula is C20H23ClN2O2. The molecule has 0 aliphatic heterocycles. The first-order chi connectivity index (χ1) is 11.8. The summed E-state index contributed by atoms with van der Waals surface area (Å²) in [5, 5.41) is 3.55. The second-order valence-electron chi connectivity index (χ2n) is 6.31. The maximum atomic E-state index is 12.4. The topological polar surface area (TPSA) is 49.4 Å². The van der Waals surface area contributed by atoms with E-state index in [-0.39, 0.29) is 24.3 Å². The first-order valence-electron chi connectivity index (χ1n) is 8.24. The third kappa shape index (κ3) is 6.00. The summed E-state index contributed by atoms with van der Waals surface area (Å²) >= 11 is 6.04. The summed E-state index contributed by atoms with van der Waals surface area (Å²) in [5.74, 6) is -0.141. The van der Waals surface area contributed by atoms with Crippen LogP contribution < -0.4 is 5.32 Å². The van der Waals surface area contributed by atoms with Gasteiger partial charge in [0.1, 0.15) is 0 Å². The molecule has 1 N–H and O–H groups in total. The van der Waals surface area contributed by atoms with E-state index in [9.17, 15) is 9.59 Å². The number of ketones is 1. The fraction of sp³-hybridized carbons (Fsp3) is 0.300. The van der Waals surface area contributed by atoms with Crippen LogP contribution in [0.2, 0.25) is 5.02 Å². The number of hydrogen-bond acceptors (Lipinski definition) is 3. The average molecular weight is 359 g/mol. The van der Waals surface area contributed by atoms with Crippen molar-refractivity contribution in [3.8, 4) is 0 Å². The van der Waals surface area contributed by atoms with Crippen molar-refractivity contribution in [1.29, 1.82) is 0 Å². The number of carbonyl (C=O) groups is 2. The molecule has 2 aromatic rings. The molecule has 0 fully saturated rings. The third-order valence-electron chi connectivity index (χ3n) is 3.90. The van der Waals surface area contributed by atoms with Crippen LogP contribution in [0.25, 0.3) is 0 Å². The SMILES string of the molecule is CC(=O)c1cccc(NC(=O)CN(Cc2cccc(Cl)c2)C(C)C)c1. The van der Waals surface area contributed by atoms with Gasteiger partial charge in [-0.25, -0.2) is 0 Å². The Morgan fingerprint density at radius 3 is 2.48 bits per heavy atom. The van der Waals surface area contributed by atoms with Crippen molar-refractivity contribution in [2.45, 2.75) is 33.4 Å². The first-order valence-corrected chi connectivity index (χ1v) is 8.62. The number of anilines is 1. The van der Waals surface area contributed by atoms with E-state index in [4.69, 9.17) is 11.6 Å². The number of nitrogens with zero attached hydrogens (tertiary/aromatic N) is 1. The minimum absolute atomic E-state index is 0.0270. The number of nitrogens with one attached hydrogen (secondary N) is 1. The van der Waals surface area contributed by atoms with E-state index in [0.29, 0.717) is 22.8 Å². The summed E-state index contributed by atoms with van der Waals surface area (Å²) in [7, 11) is 0. The monoisotopic (exact) mass is 358 g/mol. The molecule has 0 saturated carbocycles. The molecule has 0 saturated heterocycles. The lowest BCUT2D eigenvalue weighted by Crippen LogP contribution is -2.37. The number of carbonyl (C=O) groups excluding carboxylic acids is 2. The molecule has 0 heterocycles. The Morgan fingerprint density at radius 2 is 1.84 bits per heavy atom. The van der Waals surface area contributed by atoms with Crippen molar-refractivity contribution >= 4 is 29.0 Å². The Kier molecular flexibility index (Phi) is 6.73. The maximum Gasteiger partial charge on any atom is 0.238 e. The Balaban J connectivity index is 2.02. The Hall–Kier alpha value is -2.17. The van der Waals surface area contributed by atoms with Crippen LogP contribution in [0.4, 0.5) is 5.69 Å². The lowest BCUT2D eigenvalue weighted by molar-refractivity contribution is -0.117. The van der Waals surface area contributed by atoms with Gasteiger partial charge in [0.25, 0.3) is 0 Å².